The van der Waals surface area contributed by atoms with Gasteiger partial charge >= 0.3 is 5.69 Å². The Morgan fingerprint density at radius 3 is 2.39 bits per heavy atom. The van der Waals surface area contributed by atoms with Gasteiger partial charge in [0.25, 0.3) is 5.56 Å². The molecule has 0 bridgehead atoms. The number of benzene rings is 1. The third kappa shape index (κ3) is 3.71. The minimum absolute atomic E-state index is 0.280. The van der Waals surface area contributed by atoms with Gasteiger partial charge in [-0.3, -0.25) is 23.2 Å². The van der Waals surface area contributed by atoms with Crippen LogP contribution in [-0.4, -0.2) is 60.8 Å². The molecule has 0 atom stereocenters. The van der Waals surface area contributed by atoms with Crippen LogP contribution in [0.4, 0.5) is 0 Å². The van der Waals surface area contributed by atoms with Gasteiger partial charge in [0.2, 0.25) is 5.78 Å². The topological polar surface area (TPSA) is 78.7 Å². The molecular formula is C24H30N6O3. The van der Waals surface area contributed by atoms with Crippen molar-refractivity contribution < 1.29 is 4.74 Å². The van der Waals surface area contributed by atoms with Crippen LogP contribution in [0.25, 0.3) is 16.9 Å². The second kappa shape index (κ2) is 8.64. The first kappa shape index (κ1) is 21.7. The summed E-state index contributed by atoms with van der Waals surface area (Å²) in [6.45, 7) is 8.80. The number of morpholine rings is 1. The molecule has 1 aromatic carbocycles. The lowest BCUT2D eigenvalue weighted by Gasteiger charge is -2.26. The van der Waals surface area contributed by atoms with E-state index in [9.17, 15) is 9.59 Å². The van der Waals surface area contributed by atoms with Crippen LogP contribution in [0.15, 0.2) is 39.9 Å². The fourth-order valence-electron chi connectivity index (χ4n) is 4.73. The van der Waals surface area contributed by atoms with E-state index in [2.05, 4.69) is 28.5 Å². The molecular weight excluding hydrogens is 420 g/mol. The average molecular weight is 451 g/mol. The maximum Gasteiger partial charge on any atom is 0.332 e. The van der Waals surface area contributed by atoms with Crippen LogP contribution in [-0.2, 0) is 31.3 Å². The van der Waals surface area contributed by atoms with E-state index in [1.165, 1.54) is 14.7 Å². The number of aryl methyl sites for hydroxylation is 4. The Bertz CT molecular complexity index is 1420. The van der Waals surface area contributed by atoms with Gasteiger partial charge in [-0.05, 0) is 25.8 Å². The number of hydrogen-bond acceptors (Lipinski definition) is 5. The molecule has 0 N–H and O–H groups in total. The van der Waals surface area contributed by atoms with Crippen molar-refractivity contribution in [3.8, 4) is 0 Å². The third-order valence-electron chi connectivity index (χ3n) is 6.84. The highest BCUT2D eigenvalue weighted by atomic mass is 16.5. The van der Waals surface area contributed by atoms with Crippen LogP contribution >= 0.6 is 0 Å². The molecule has 4 aromatic rings. The smallest absolute Gasteiger partial charge is 0.332 e. The first-order chi connectivity index (χ1) is 16.0. The van der Waals surface area contributed by atoms with Gasteiger partial charge in [-0.15, -0.1) is 0 Å². The normalized spacial score (nSPS) is 15.1. The molecule has 1 aliphatic heterocycles. The summed E-state index contributed by atoms with van der Waals surface area (Å²) in [7, 11) is 1.69. The highest BCUT2D eigenvalue weighted by molar-refractivity contribution is 5.76. The van der Waals surface area contributed by atoms with E-state index in [4.69, 9.17) is 9.72 Å². The predicted molar refractivity (Wildman–Crippen MR) is 127 cm³/mol. The number of rotatable bonds is 6. The van der Waals surface area contributed by atoms with Crippen molar-refractivity contribution in [2.45, 2.75) is 33.4 Å². The molecule has 0 unspecified atom stereocenters. The van der Waals surface area contributed by atoms with Crippen LogP contribution < -0.4 is 11.2 Å². The number of nitrogens with zero attached hydrogens (tertiary/aromatic N) is 6. The monoisotopic (exact) mass is 450 g/mol. The summed E-state index contributed by atoms with van der Waals surface area (Å²) in [6, 6.07) is 10.3. The minimum atomic E-state index is -0.327. The first-order valence-corrected chi connectivity index (χ1v) is 11.5. The summed E-state index contributed by atoms with van der Waals surface area (Å²) in [5, 5.41) is 0. The average Bonchev–Trinajstić information content (AvgIpc) is 3.33. The summed E-state index contributed by atoms with van der Waals surface area (Å²) in [5.41, 5.74) is 3.58. The van der Waals surface area contributed by atoms with Crippen molar-refractivity contribution in [2.75, 3.05) is 32.8 Å². The van der Waals surface area contributed by atoms with Crippen LogP contribution in [0.2, 0.25) is 0 Å². The Morgan fingerprint density at radius 1 is 0.939 bits per heavy atom. The van der Waals surface area contributed by atoms with Crippen LogP contribution in [0, 0.1) is 13.8 Å². The largest absolute Gasteiger partial charge is 0.379 e. The predicted octanol–water partition coefficient (Wildman–Crippen LogP) is 1.34. The summed E-state index contributed by atoms with van der Waals surface area (Å²) < 4.78 is 12.3. The molecule has 0 radical (unpaired) electrons. The highest BCUT2D eigenvalue weighted by Gasteiger charge is 2.23. The maximum absolute atomic E-state index is 13.5. The van der Waals surface area contributed by atoms with Crippen molar-refractivity contribution in [1.29, 1.82) is 0 Å². The number of aromatic nitrogens is 5. The molecule has 0 spiro atoms. The van der Waals surface area contributed by atoms with E-state index in [1.54, 1.807) is 7.05 Å². The molecule has 0 amide bonds. The number of imidazole rings is 2. The molecule has 33 heavy (non-hydrogen) atoms. The molecule has 9 nitrogen and oxygen atoms in total. The van der Waals surface area contributed by atoms with Crippen LogP contribution in [0.5, 0.6) is 0 Å². The van der Waals surface area contributed by atoms with Crippen molar-refractivity contribution in [3.63, 3.8) is 0 Å². The van der Waals surface area contributed by atoms with Crippen LogP contribution in [0.3, 0.4) is 0 Å². The van der Waals surface area contributed by atoms with Gasteiger partial charge in [-0.2, -0.15) is 4.98 Å². The van der Waals surface area contributed by atoms with Gasteiger partial charge < -0.3 is 9.30 Å². The highest BCUT2D eigenvalue weighted by Crippen LogP contribution is 2.21. The Labute approximate surface area is 191 Å². The van der Waals surface area contributed by atoms with E-state index in [0.29, 0.717) is 43.2 Å². The van der Waals surface area contributed by atoms with Crippen molar-refractivity contribution in [2.24, 2.45) is 7.05 Å². The van der Waals surface area contributed by atoms with Gasteiger partial charge in [0.05, 0.1) is 13.2 Å². The molecule has 0 saturated carbocycles. The lowest BCUT2D eigenvalue weighted by molar-refractivity contribution is 0.0361. The molecule has 4 heterocycles. The standard InChI is InChI=1S/C24H30N6O3/c1-17-18(2)30-20-21(25-23(30)28(17)10-9-19-7-5-4-6-8-19)26(3)24(32)29(22(20)31)12-11-27-13-15-33-16-14-27/h4-8H,9-16H2,1-3H3. The van der Waals surface area contributed by atoms with Crippen LogP contribution in [0.1, 0.15) is 17.0 Å². The summed E-state index contributed by atoms with van der Waals surface area (Å²) in [6.07, 6.45) is 0.859. The van der Waals surface area contributed by atoms with Gasteiger partial charge in [-0.1, -0.05) is 30.3 Å². The molecule has 1 saturated heterocycles. The maximum atomic E-state index is 13.5. The van der Waals surface area contributed by atoms with Gasteiger partial charge in [0, 0.05) is 51.2 Å². The Morgan fingerprint density at radius 2 is 1.67 bits per heavy atom. The van der Waals surface area contributed by atoms with E-state index in [0.717, 1.165) is 37.4 Å². The second-order valence-electron chi connectivity index (χ2n) is 8.73. The third-order valence-corrected chi connectivity index (χ3v) is 6.84. The zero-order chi connectivity index (χ0) is 23.1. The molecule has 3 aromatic heterocycles. The molecule has 1 aliphatic rings. The van der Waals surface area contributed by atoms with Gasteiger partial charge in [0.15, 0.2) is 11.2 Å². The zero-order valence-electron chi connectivity index (χ0n) is 19.5. The van der Waals surface area contributed by atoms with E-state index < -0.39 is 0 Å². The first-order valence-electron chi connectivity index (χ1n) is 11.5. The van der Waals surface area contributed by atoms with Crippen molar-refractivity contribution >= 4 is 16.9 Å². The lowest BCUT2D eigenvalue weighted by atomic mass is 10.1. The Hall–Kier alpha value is -3.17. The summed E-state index contributed by atoms with van der Waals surface area (Å²) in [5.74, 6) is 0.703. The second-order valence-corrected chi connectivity index (χ2v) is 8.73. The summed E-state index contributed by atoms with van der Waals surface area (Å²) in [4.78, 5) is 33.6. The SMILES string of the molecule is Cc1c(C)n2c3c(=O)n(CCN4CCOCC4)c(=O)n(C)c3nc2n1CCc1ccccc1. The minimum Gasteiger partial charge on any atom is -0.379 e. The number of ether oxygens (including phenoxy) is 1. The fourth-order valence-corrected chi connectivity index (χ4v) is 4.73. The molecule has 1 fully saturated rings. The number of fused-ring (bicyclic) bond motifs is 3. The lowest BCUT2D eigenvalue weighted by Crippen LogP contribution is -2.44. The van der Waals surface area contributed by atoms with Gasteiger partial charge in [0.1, 0.15) is 0 Å². The molecule has 174 valence electrons. The Kier molecular flexibility index (Phi) is 5.67. The molecule has 9 heteroatoms. The van der Waals surface area contributed by atoms with Crippen molar-refractivity contribution in [3.05, 3.63) is 68.1 Å². The van der Waals surface area contributed by atoms with E-state index in [1.807, 2.05) is 29.5 Å². The fraction of sp³-hybridized carbons (Fsp3) is 0.458. The van der Waals surface area contributed by atoms with Crippen molar-refractivity contribution in [1.82, 2.24) is 28.0 Å². The summed E-state index contributed by atoms with van der Waals surface area (Å²) >= 11 is 0. The zero-order valence-corrected chi connectivity index (χ0v) is 19.5. The Balaban J connectivity index is 1.58. The van der Waals surface area contributed by atoms with Gasteiger partial charge in [-0.25, -0.2) is 4.79 Å². The molecule has 0 aliphatic carbocycles. The molecule has 5 rings (SSSR count). The van der Waals surface area contributed by atoms with E-state index in [-0.39, 0.29) is 11.2 Å². The number of hydrogen-bond donors (Lipinski definition) is 0. The van der Waals surface area contributed by atoms with E-state index >= 15 is 0 Å². The quantitative estimate of drug-likeness (QED) is 0.443.